The summed E-state index contributed by atoms with van der Waals surface area (Å²) in [5.41, 5.74) is 7.86. The first kappa shape index (κ1) is 24.5. The SMILES string of the molecule is [C-]1=C2C=CC=CC2c2ccccc21.[C-]1=C2C=CC=CC2c2ccccc21.[CH2]=[Hf+2].[Cl-].[Cl-]. The molecule has 30 heavy (non-hydrogen) atoms. The van der Waals surface area contributed by atoms with Gasteiger partial charge >= 0.3 is 28.2 Å². The van der Waals surface area contributed by atoms with E-state index in [0.29, 0.717) is 11.8 Å². The molecule has 0 radical (unpaired) electrons. The molecule has 0 aromatic heterocycles. The Bertz CT molecular complexity index is 984. The molecule has 0 aliphatic heterocycles. The second-order valence-corrected chi connectivity index (χ2v) is 6.78. The molecule has 3 heteroatoms. The predicted octanol–water partition coefficient (Wildman–Crippen LogP) is -0.0518. The molecule has 4 aliphatic carbocycles. The van der Waals surface area contributed by atoms with Crippen molar-refractivity contribution in [2.24, 2.45) is 0 Å². The van der Waals surface area contributed by atoms with Gasteiger partial charge in [0.05, 0.1) is 0 Å². The van der Waals surface area contributed by atoms with E-state index in [2.05, 4.69) is 114 Å². The molecule has 0 N–H and O–H groups in total. The number of halogens is 2. The van der Waals surface area contributed by atoms with E-state index in [4.69, 9.17) is 0 Å². The Morgan fingerprint density at radius 3 is 1.43 bits per heavy atom. The molecule has 0 bridgehead atoms. The maximum Gasteiger partial charge on any atom is -1.00 e. The van der Waals surface area contributed by atoms with Crippen molar-refractivity contribution in [1.29, 1.82) is 0 Å². The largest absolute Gasteiger partial charge is 1.00 e. The van der Waals surface area contributed by atoms with E-state index in [9.17, 15) is 0 Å². The first-order valence-corrected chi connectivity index (χ1v) is 11.9. The van der Waals surface area contributed by atoms with Crippen LogP contribution in [-0.4, -0.2) is 4.26 Å². The van der Waals surface area contributed by atoms with Crippen molar-refractivity contribution in [3.63, 3.8) is 0 Å². The van der Waals surface area contributed by atoms with Gasteiger partial charge in [-0.05, 0) is 11.8 Å². The first-order valence-electron chi connectivity index (χ1n) is 9.41. The van der Waals surface area contributed by atoms with Gasteiger partial charge in [0.15, 0.2) is 0 Å². The number of benzene rings is 2. The van der Waals surface area contributed by atoms with E-state index < -0.39 is 0 Å². The molecule has 0 fully saturated rings. The summed E-state index contributed by atoms with van der Waals surface area (Å²) in [4.78, 5) is 0. The maximum atomic E-state index is 3.42. The van der Waals surface area contributed by atoms with Crippen LogP contribution in [0.25, 0.3) is 0 Å². The fourth-order valence-electron chi connectivity index (χ4n) is 3.94. The van der Waals surface area contributed by atoms with Crippen LogP contribution in [0.15, 0.2) is 108 Å². The van der Waals surface area contributed by atoms with E-state index in [1.54, 1.807) is 0 Å². The van der Waals surface area contributed by atoms with Gasteiger partial charge in [-0.2, -0.15) is 0 Å². The van der Waals surface area contributed by atoms with Crippen LogP contribution in [0.5, 0.6) is 0 Å². The van der Waals surface area contributed by atoms with Gasteiger partial charge in [-0.15, -0.1) is 106 Å². The van der Waals surface area contributed by atoms with E-state index in [1.807, 2.05) is 0 Å². The summed E-state index contributed by atoms with van der Waals surface area (Å²) >= 11 is 1.06. The van der Waals surface area contributed by atoms with Crippen molar-refractivity contribution in [3.05, 3.63) is 143 Å². The van der Waals surface area contributed by atoms with Crippen LogP contribution in [0.4, 0.5) is 0 Å². The minimum absolute atomic E-state index is 0. The predicted molar refractivity (Wildman–Crippen MR) is 114 cm³/mol. The molecular formula is C27H20Cl2Hf-2. The number of hydrogen-bond donors (Lipinski definition) is 0. The summed E-state index contributed by atoms with van der Waals surface area (Å²) in [6.45, 7) is 0. The standard InChI is InChI=1S/2C13H9.CH2.2ClH.Hf/c2*1-3-7-12-10(5-1)9-11-6-2-4-8-13(11)12;;;;/h2*1-8,12H;1H2;2*1H;/q2*-1;;;;+2/p-2. The van der Waals surface area contributed by atoms with Gasteiger partial charge in [0, 0.05) is 0 Å². The third-order valence-electron chi connectivity index (χ3n) is 5.20. The maximum absolute atomic E-state index is 3.42. The van der Waals surface area contributed by atoms with Gasteiger partial charge in [0.1, 0.15) is 0 Å². The molecule has 0 heterocycles. The first-order chi connectivity index (χ1) is 13.9. The van der Waals surface area contributed by atoms with Crippen molar-refractivity contribution in [2.75, 3.05) is 0 Å². The van der Waals surface area contributed by atoms with Gasteiger partial charge in [-0.25, -0.2) is 0 Å². The van der Waals surface area contributed by atoms with Crippen molar-refractivity contribution in [3.8, 4) is 0 Å². The van der Waals surface area contributed by atoms with Crippen LogP contribution in [0, 0.1) is 12.2 Å². The zero-order chi connectivity index (χ0) is 19.3. The molecule has 6 rings (SSSR count). The van der Waals surface area contributed by atoms with Crippen molar-refractivity contribution in [2.45, 2.75) is 11.8 Å². The Balaban J connectivity index is 0.000000186. The smallest absolute Gasteiger partial charge is 1.00 e. The fraction of sp³-hybridized carbons (Fsp3) is 0.0741. The molecule has 0 spiro atoms. The minimum Gasteiger partial charge on any atom is -1.00 e. The van der Waals surface area contributed by atoms with Crippen LogP contribution in [0.2, 0.25) is 0 Å². The van der Waals surface area contributed by atoms with Crippen LogP contribution in [-0.2, 0) is 23.9 Å². The molecule has 0 saturated heterocycles. The Hall–Kier alpha value is -1.80. The number of fused-ring (bicyclic) bond motifs is 6. The summed E-state index contributed by atoms with van der Waals surface area (Å²) in [6, 6.07) is 16.9. The number of rotatable bonds is 0. The van der Waals surface area contributed by atoms with E-state index in [-0.39, 0.29) is 24.8 Å². The van der Waals surface area contributed by atoms with Crippen LogP contribution in [0.1, 0.15) is 34.1 Å². The summed E-state index contributed by atoms with van der Waals surface area (Å²) in [7, 11) is 0. The van der Waals surface area contributed by atoms with Crippen molar-refractivity contribution in [1.82, 2.24) is 0 Å². The van der Waals surface area contributed by atoms with Crippen molar-refractivity contribution < 1.29 is 48.7 Å². The normalized spacial score (nSPS) is 19.7. The van der Waals surface area contributed by atoms with Crippen LogP contribution >= 0.6 is 0 Å². The second-order valence-electron chi connectivity index (χ2n) is 6.78. The average molecular weight is 594 g/mol. The van der Waals surface area contributed by atoms with Crippen molar-refractivity contribution >= 4 is 4.26 Å². The Labute approximate surface area is 206 Å². The van der Waals surface area contributed by atoms with E-state index >= 15 is 0 Å². The third kappa shape index (κ3) is 4.91. The molecule has 2 aromatic rings. The summed E-state index contributed by atoms with van der Waals surface area (Å²) in [5.74, 6) is 0.919. The molecule has 148 valence electrons. The molecule has 0 amide bonds. The summed E-state index contributed by atoms with van der Waals surface area (Å²) < 4.78 is 3.39. The zero-order valence-electron chi connectivity index (χ0n) is 16.4. The monoisotopic (exact) mass is 594 g/mol. The second kappa shape index (κ2) is 11.6. The third-order valence-corrected chi connectivity index (χ3v) is 5.20. The molecule has 0 nitrogen and oxygen atoms in total. The summed E-state index contributed by atoms with van der Waals surface area (Å²) in [5, 5.41) is 0. The average Bonchev–Trinajstić information content (AvgIpc) is 3.34. The Morgan fingerprint density at radius 1 is 0.600 bits per heavy atom. The van der Waals surface area contributed by atoms with Gasteiger partial charge in [0.25, 0.3) is 0 Å². The molecular weight excluding hydrogens is 574 g/mol. The zero-order valence-corrected chi connectivity index (χ0v) is 21.5. The van der Waals surface area contributed by atoms with E-state index in [1.165, 1.54) is 33.4 Å². The van der Waals surface area contributed by atoms with Crippen LogP contribution in [0.3, 0.4) is 0 Å². The van der Waals surface area contributed by atoms with Gasteiger partial charge in [0.2, 0.25) is 0 Å². The summed E-state index contributed by atoms with van der Waals surface area (Å²) in [6.07, 6.45) is 23.9. The quantitative estimate of drug-likeness (QED) is 0.297. The fourth-order valence-corrected chi connectivity index (χ4v) is 3.94. The Morgan fingerprint density at radius 2 is 1.00 bits per heavy atom. The van der Waals surface area contributed by atoms with Gasteiger partial charge < -0.3 is 24.8 Å². The number of allylic oxidation sites excluding steroid dienone is 10. The molecule has 4 aliphatic rings. The molecule has 2 unspecified atom stereocenters. The minimum atomic E-state index is 0. The van der Waals surface area contributed by atoms with Gasteiger partial charge in [-0.3, -0.25) is 0 Å². The van der Waals surface area contributed by atoms with Gasteiger partial charge in [-0.1, -0.05) is 36.4 Å². The Kier molecular flexibility index (Phi) is 9.42. The molecule has 2 atom stereocenters. The number of hydrogen-bond acceptors (Lipinski definition) is 0. The van der Waals surface area contributed by atoms with E-state index in [0.717, 1.165) is 23.9 Å². The molecule has 0 saturated carbocycles. The van der Waals surface area contributed by atoms with Crippen LogP contribution < -0.4 is 24.8 Å². The molecule has 2 aromatic carbocycles. The topological polar surface area (TPSA) is 0 Å².